The molecule has 0 spiro atoms. The van der Waals surface area contributed by atoms with Crippen LogP contribution in [-0.2, 0) is 17.7 Å². The average molecular weight is 369 g/mol. The summed E-state index contributed by atoms with van der Waals surface area (Å²) in [5.74, 6) is -1.64. The van der Waals surface area contributed by atoms with Crippen molar-refractivity contribution in [1.82, 2.24) is 9.36 Å². The Morgan fingerprint density at radius 3 is 2.39 bits per heavy atom. The summed E-state index contributed by atoms with van der Waals surface area (Å²) in [7, 11) is 3.63. The largest absolute Gasteiger partial charge is 0.419 e. The van der Waals surface area contributed by atoms with Gasteiger partial charge in [0, 0.05) is 36.9 Å². The van der Waals surface area contributed by atoms with Crippen molar-refractivity contribution in [2.45, 2.75) is 17.7 Å². The summed E-state index contributed by atoms with van der Waals surface area (Å²) in [4.78, 5) is 6.01. The molecule has 126 valence electrons. The molecule has 23 heavy (non-hydrogen) atoms. The van der Waals surface area contributed by atoms with E-state index in [1.165, 1.54) is 23.3 Å². The number of rotatable bonds is 5. The number of nitrogens with zero attached hydrogens (tertiary/aromatic N) is 3. The highest BCUT2D eigenvalue weighted by Gasteiger charge is 2.35. The first-order chi connectivity index (χ1) is 10.7. The summed E-state index contributed by atoms with van der Waals surface area (Å²) in [6.07, 6.45) is -4.91. The highest BCUT2D eigenvalue weighted by atomic mass is 32.2. The SMILES string of the molecule is CN(C)c1nc(CSCc2cc(F)c(C(F)(F)F)cc2F)ns1. The van der Waals surface area contributed by atoms with Crippen LogP contribution in [0.15, 0.2) is 12.1 Å². The zero-order valence-electron chi connectivity index (χ0n) is 12.1. The predicted octanol–water partition coefficient (Wildman–Crippen LogP) is 4.33. The fraction of sp³-hybridized carbons (Fsp3) is 0.385. The van der Waals surface area contributed by atoms with Crippen LogP contribution in [0.2, 0.25) is 0 Å². The van der Waals surface area contributed by atoms with E-state index in [2.05, 4.69) is 9.36 Å². The molecule has 0 fully saturated rings. The topological polar surface area (TPSA) is 29.0 Å². The number of halogens is 5. The van der Waals surface area contributed by atoms with Gasteiger partial charge in [-0.2, -0.15) is 17.5 Å². The standard InChI is InChI=1S/C13H12F5N3S2/c1-21(2)12-19-11(20-23-12)6-22-5-7-3-10(15)8(4-9(7)14)13(16,17)18/h3-4H,5-6H2,1-2H3. The lowest BCUT2D eigenvalue weighted by molar-refractivity contribution is -0.140. The Balaban J connectivity index is 2.02. The second-order valence-corrected chi connectivity index (χ2v) is 6.52. The highest BCUT2D eigenvalue weighted by Crippen LogP contribution is 2.33. The lowest BCUT2D eigenvalue weighted by Gasteiger charge is -2.10. The molecule has 0 aliphatic rings. The summed E-state index contributed by atoms with van der Waals surface area (Å²) in [6.45, 7) is 0. The zero-order chi connectivity index (χ0) is 17.2. The van der Waals surface area contributed by atoms with E-state index < -0.39 is 23.4 Å². The van der Waals surface area contributed by atoms with Gasteiger partial charge in [-0.05, 0) is 12.1 Å². The number of hydrogen-bond donors (Lipinski definition) is 0. The van der Waals surface area contributed by atoms with E-state index in [0.29, 0.717) is 22.8 Å². The van der Waals surface area contributed by atoms with E-state index in [1.54, 1.807) is 4.90 Å². The highest BCUT2D eigenvalue weighted by molar-refractivity contribution is 7.97. The number of aromatic nitrogens is 2. The van der Waals surface area contributed by atoms with Crippen molar-refractivity contribution < 1.29 is 22.0 Å². The molecule has 0 saturated carbocycles. The van der Waals surface area contributed by atoms with E-state index in [0.717, 1.165) is 0 Å². The van der Waals surface area contributed by atoms with E-state index in [-0.39, 0.29) is 17.4 Å². The summed E-state index contributed by atoms with van der Waals surface area (Å²) in [6, 6.07) is 0.779. The van der Waals surface area contributed by atoms with Crippen LogP contribution in [0.5, 0.6) is 0 Å². The van der Waals surface area contributed by atoms with Crippen LogP contribution < -0.4 is 4.90 Å². The molecule has 0 saturated heterocycles. The Labute approximate surface area is 137 Å². The third-order valence-electron chi connectivity index (χ3n) is 2.77. The number of anilines is 1. The predicted molar refractivity (Wildman–Crippen MR) is 80.6 cm³/mol. The molecule has 2 aromatic rings. The molecule has 0 amide bonds. The van der Waals surface area contributed by atoms with Crippen molar-refractivity contribution in [3.05, 3.63) is 40.7 Å². The minimum absolute atomic E-state index is 0.0252. The Morgan fingerprint density at radius 2 is 1.83 bits per heavy atom. The van der Waals surface area contributed by atoms with Crippen molar-refractivity contribution >= 4 is 28.4 Å². The van der Waals surface area contributed by atoms with E-state index in [9.17, 15) is 22.0 Å². The van der Waals surface area contributed by atoms with Crippen molar-refractivity contribution in [3.63, 3.8) is 0 Å². The maximum atomic E-state index is 13.7. The second-order valence-electron chi connectivity index (χ2n) is 4.80. The summed E-state index contributed by atoms with van der Waals surface area (Å²) in [5, 5.41) is 0.715. The molecule has 2 rings (SSSR count). The molecule has 0 atom stereocenters. The van der Waals surface area contributed by atoms with Gasteiger partial charge in [0.25, 0.3) is 0 Å². The maximum Gasteiger partial charge on any atom is 0.419 e. The fourth-order valence-electron chi connectivity index (χ4n) is 1.65. The van der Waals surface area contributed by atoms with Crippen LogP contribution in [0.4, 0.5) is 27.1 Å². The van der Waals surface area contributed by atoms with Gasteiger partial charge >= 0.3 is 6.18 Å². The molecule has 0 aliphatic carbocycles. The first-order valence-electron chi connectivity index (χ1n) is 6.31. The molecule has 1 aromatic carbocycles. The molecule has 3 nitrogen and oxygen atoms in total. The third-order valence-corrected chi connectivity index (χ3v) is 4.67. The average Bonchev–Trinajstić information content (AvgIpc) is 2.90. The minimum atomic E-state index is -4.91. The van der Waals surface area contributed by atoms with Gasteiger partial charge in [-0.25, -0.2) is 13.8 Å². The number of hydrogen-bond acceptors (Lipinski definition) is 5. The minimum Gasteiger partial charge on any atom is -0.353 e. The zero-order valence-corrected chi connectivity index (χ0v) is 13.7. The molecule has 0 radical (unpaired) electrons. The molecule has 0 aliphatic heterocycles. The van der Waals surface area contributed by atoms with Gasteiger partial charge in [0.2, 0.25) is 5.13 Å². The van der Waals surface area contributed by atoms with Gasteiger partial charge in [-0.1, -0.05) is 0 Å². The smallest absolute Gasteiger partial charge is 0.353 e. The summed E-state index contributed by atoms with van der Waals surface area (Å²) in [5.41, 5.74) is -1.72. The Kier molecular flexibility index (Phi) is 5.45. The lowest BCUT2D eigenvalue weighted by Crippen LogP contribution is -2.09. The van der Waals surface area contributed by atoms with Gasteiger partial charge in [0.15, 0.2) is 5.82 Å². The number of benzene rings is 1. The molecule has 1 heterocycles. The molecule has 1 aromatic heterocycles. The van der Waals surface area contributed by atoms with E-state index >= 15 is 0 Å². The first-order valence-corrected chi connectivity index (χ1v) is 8.24. The summed E-state index contributed by atoms with van der Waals surface area (Å²) >= 11 is 2.40. The first kappa shape index (κ1) is 17.9. The Bertz CT molecular complexity index is 685. The van der Waals surface area contributed by atoms with Gasteiger partial charge in [0.05, 0.1) is 11.3 Å². The lowest BCUT2D eigenvalue weighted by atomic mass is 10.1. The number of alkyl halides is 3. The summed E-state index contributed by atoms with van der Waals surface area (Å²) < 4.78 is 68.6. The number of thioether (sulfide) groups is 1. The van der Waals surface area contributed by atoms with Crippen molar-refractivity contribution in [1.29, 1.82) is 0 Å². The molecule has 0 bridgehead atoms. The second kappa shape index (κ2) is 7.00. The molecule has 0 N–H and O–H groups in total. The van der Waals surface area contributed by atoms with Crippen molar-refractivity contribution in [2.24, 2.45) is 0 Å². The molecule has 10 heteroatoms. The Morgan fingerprint density at radius 1 is 1.13 bits per heavy atom. The molecular weight excluding hydrogens is 357 g/mol. The van der Waals surface area contributed by atoms with Crippen LogP contribution in [0.1, 0.15) is 17.0 Å². The van der Waals surface area contributed by atoms with Gasteiger partial charge in [0.1, 0.15) is 11.6 Å². The van der Waals surface area contributed by atoms with Crippen molar-refractivity contribution in [3.8, 4) is 0 Å². The van der Waals surface area contributed by atoms with Gasteiger partial charge in [-0.3, -0.25) is 0 Å². The Hall–Kier alpha value is -1.42. The molecule has 0 unspecified atom stereocenters. The van der Waals surface area contributed by atoms with E-state index in [4.69, 9.17) is 0 Å². The quantitative estimate of drug-likeness (QED) is 0.734. The van der Waals surface area contributed by atoms with Crippen molar-refractivity contribution in [2.75, 3.05) is 19.0 Å². The monoisotopic (exact) mass is 369 g/mol. The van der Waals surface area contributed by atoms with Crippen LogP contribution in [0.25, 0.3) is 0 Å². The van der Waals surface area contributed by atoms with Crippen LogP contribution >= 0.6 is 23.3 Å². The maximum absolute atomic E-state index is 13.7. The normalized spacial score (nSPS) is 11.8. The van der Waals surface area contributed by atoms with Gasteiger partial charge < -0.3 is 4.90 Å². The van der Waals surface area contributed by atoms with Crippen LogP contribution in [0.3, 0.4) is 0 Å². The van der Waals surface area contributed by atoms with Gasteiger partial charge in [-0.15, -0.1) is 11.8 Å². The fourth-order valence-corrected chi connectivity index (χ4v) is 3.19. The van der Waals surface area contributed by atoms with Crippen LogP contribution in [0, 0.1) is 11.6 Å². The van der Waals surface area contributed by atoms with E-state index in [1.807, 2.05) is 14.1 Å². The van der Waals surface area contributed by atoms with Crippen LogP contribution in [-0.4, -0.2) is 23.5 Å². The molecular formula is C13H12F5N3S2. The third kappa shape index (κ3) is 4.54.